The Hall–Kier alpha value is -13.6. The molecule has 36 N–H and O–H groups in total. The number of rotatable bonds is 69. The number of guanidine groups is 1. The molecule has 802 valence electrons. The van der Waals surface area contributed by atoms with E-state index < -0.39 is 369 Å². The molecular weight excluding hydrogens is 1980 g/mol. The summed E-state index contributed by atoms with van der Waals surface area (Å²) in [6.45, 7) is 6.19. The van der Waals surface area contributed by atoms with Crippen molar-refractivity contribution in [1.82, 2.24) is 95.7 Å². The lowest BCUT2D eigenvalue weighted by Crippen LogP contribution is -2.62. The fourth-order valence-electron chi connectivity index (χ4n) is 13.3. The second-order valence-electron chi connectivity index (χ2n) is 34.1. The fourth-order valence-corrected chi connectivity index (χ4v) is 14.3. The number of aliphatic carboxylic acids is 3. The topological polar surface area (TPSA) is 905 Å². The van der Waals surface area contributed by atoms with Crippen molar-refractivity contribution in [3.63, 3.8) is 0 Å². The number of benzene rings is 2. The van der Waals surface area contributed by atoms with Gasteiger partial charge in [-0.15, -0.1) is 0 Å². The number of hydrogen-bond donors (Lipinski definition) is 35. The highest BCUT2D eigenvalue weighted by Gasteiger charge is 2.41. The largest absolute Gasteiger partial charge is 0.508 e. The number of aliphatic hydroxyl groups excluding tert-OH is 2. The molecule has 0 fully saturated rings. The Bertz CT molecular complexity index is 4780. The second-order valence-corrected chi connectivity index (χ2v) is 35.6. The van der Waals surface area contributed by atoms with Crippen molar-refractivity contribution in [2.24, 2.45) is 46.4 Å². The van der Waals surface area contributed by atoms with Gasteiger partial charge >= 0.3 is 17.9 Å². The Labute approximate surface area is 849 Å². The smallest absolute Gasteiger partial charge is 0.322 e. The van der Waals surface area contributed by atoms with E-state index in [0.717, 1.165) is 0 Å². The van der Waals surface area contributed by atoms with E-state index in [1.54, 1.807) is 34.6 Å². The van der Waals surface area contributed by atoms with Gasteiger partial charge in [0, 0.05) is 68.1 Å². The van der Waals surface area contributed by atoms with Crippen molar-refractivity contribution >= 4 is 193 Å². The molecule has 20 amide bonds. The van der Waals surface area contributed by atoms with Gasteiger partial charge in [-0.25, -0.2) is 0 Å². The predicted molar refractivity (Wildman–Crippen MR) is 525 cm³/mol. The summed E-state index contributed by atoms with van der Waals surface area (Å²) in [5.74, 6) is -31.6. The summed E-state index contributed by atoms with van der Waals surface area (Å²) in [4.78, 5) is 311. The molecule has 0 aliphatic rings. The molecule has 18 atom stereocenters. The van der Waals surface area contributed by atoms with Crippen LogP contribution in [0.3, 0.4) is 0 Å². The lowest BCUT2D eigenvalue weighted by Gasteiger charge is -2.29. The number of phenols is 2. The number of aromatic hydroxyl groups is 2. The van der Waals surface area contributed by atoms with Crippen LogP contribution in [0.25, 0.3) is 0 Å². The Morgan fingerprint density at radius 2 is 0.611 bits per heavy atom. The molecule has 0 aliphatic carbocycles. The van der Waals surface area contributed by atoms with Crippen LogP contribution in [-0.2, 0) is 123 Å². The van der Waals surface area contributed by atoms with Crippen LogP contribution in [0.4, 0.5) is 0 Å². The van der Waals surface area contributed by atoms with Gasteiger partial charge in [-0.2, -0.15) is 50.5 Å². The maximum Gasteiger partial charge on any atom is 0.322 e. The number of amides is 20. The van der Waals surface area contributed by atoms with Crippen molar-refractivity contribution in [2.45, 2.75) is 247 Å². The molecule has 0 heterocycles. The van der Waals surface area contributed by atoms with Gasteiger partial charge < -0.3 is 160 Å². The SMILES string of the molecule is CC[C@H](C)[C@H](NC(=O)[C@H](CO)NC(=O)[C@H](CCCNC(=N)N)NC(=O)[C@H](CS)NC(=O)[C@H](CS)NC(=O)[C@H](CCC(N)=O)NC(=O)[C@@H](N)CCC(=O)O)C(=O)N[C@@H](CS)C(=O)N[C@@H](CO)C(=O)N[C@@H](CC(C)C)C(=O)N[C@@H](Cc1ccc(O)cc1)C(=O)N[C@@H](CCC(N)=O)C(=O)N[C@@H](CC(C)C)C(=O)N[C@@H](CCC(=O)O)C(=O)N[C@@H](CC(N)=O)C(=O)N[C@@H](Cc1ccc(O)cc1)C(=O)N[C@@H](CS)C(=O)NCC(=O)O. The molecule has 0 radical (unpaired) electrons. The van der Waals surface area contributed by atoms with Crippen LogP contribution in [0.5, 0.6) is 11.5 Å². The number of primary amides is 3. The maximum atomic E-state index is 14.9. The molecule has 0 aromatic heterocycles. The molecule has 2 aromatic carbocycles. The molecule has 0 unspecified atom stereocenters. The molecule has 2 aromatic rings. The van der Waals surface area contributed by atoms with E-state index in [2.05, 4.69) is 146 Å². The molecule has 0 saturated carbocycles. The Morgan fingerprint density at radius 1 is 0.326 bits per heavy atom. The van der Waals surface area contributed by atoms with Crippen LogP contribution >= 0.6 is 50.5 Å². The van der Waals surface area contributed by atoms with E-state index in [1.807, 2.05) is 0 Å². The fraction of sp³-hybridized carbons (Fsp3) is 0.581. The van der Waals surface area contributed by atoms with E-state index in [1.165, 1.54) is 55.5 Å². The first-order chi connectivity index (χ1) is 67.6. The Balaban J connectivity index is 2.53. The molecule has 58 heteroatoms. The minimum absolute atomic E-state index is 0.0337. The number of phenolic OH excluding ortho intramolecular Hbond substituents is 2. The highest BCUT2D eigenvalue weighted by molar-refractivity contribution is 7.80. The van der Waals surface area contributed by atoms with Gasteiger partial charge in [-0.3, -0.25) is 116 Å². The number of aliphatic hydroxyl groups is 2. The molecule has 2 rings (SSSR count). The summed E-state index contributed by atoms with van der Waals surface area (Å²) in [5.41, 5.74) is 28.1. The normalized spacial score (nSPS) is 14.8. The highest BCUT2D eigenvalue weighted by Crippen LogP contribution is 2.19. The molecule has 0 aliphatic heterocycles. The summed E-state index contributed by atoms with van der Waals surface area (Å²) >= 11 is 16.6. The second kappa shape index (κ2) is 65.6. The first-order valence-electron chi connectivity index (χ1n) is 45.3. The van der Waals surface area contributed by atoms with Crippen molar-refractivity contribution in [2.75, 3.05) is 49.3 Å². The van der Waals surface area contributed by atoms with E-state index in [-0.39, 0.29) is 67.7 Å². The number of carboxylic acid groups (broad SMARTS) is 3. The third kappa shape index (κ3) is 48.0. The van der Waals surface area contributed by atoms with Crippen LogP contribution in [0, 0.1) is 23.2 Å². The zero-order valence-corrected chi connectivity index (χ0v) is 83.4. The van der Waals surface area contributed by atoms with E-state index in [0.29, 0.717) is 0 Å². The summed E-state index contributed by atoms with van der Waals surface area (Å²) < 4.78 is 0. The number of carbonyl (C=O) groups is 23. The average molecular weight is 2110 g/mol. The van der Waals surface area contributed by atoms with Gasteiger partial charge in [-0.1, -0.05) is 72.2 Å². The van der Waals surface area contributed by atoms with Gasteiger partial charge in [0.05, 0.1) is 25.7 Å². The number of nitrogens with two attached hydrogens (primary N) is 5. The van der Waals surface area contributed by atoms with Crippen LogP contribution < -0.4 is 124 Å². The molecule has 0 saturated heterocycles. The van der Waals surface area contributed by atoms with E-state index in [4.69, 9.17) is 44.3 Å². The summed E-state index contributed by atoms with van der Waals surface area (Å²) in [7, 11) is 0. The predicted octanol–water partition coefficient (Wildman–Crippen LogP) is -10.6. The molecular formula is C86H134N24O30S4. The minimum Gasteiger partial charge on any atom is -0.508 e. The van der Waals surface area contributed by atoms with E-state index in [9.17, 15) is 136 Å². The number of thiol groups is 4. The Kier molecular flexibility index (Phi) is 57.6. The monoisotopic (exact) mass is 2110 g/mol. The minimum atomic E-state index is -2.03. The molecule has 0 bridgehead atoms. The molecule has 144 heavy (non-hydrogen) atoms. The Morgan fingerprint density at radius 3 is 0.951 bits per heavy atom. The van der Waals surface area contributed by atoms with Crippen molar-refractivity contribution in [1.29, 1.82) is 5.41 Å². The van der Waals surface area contributed by atoms with Gasteiger partial charge in [-0.05, 0) is 105 Å². The summed E-state index contributed by atoms with van der Waals surface area (Å²) in [6, 6.07) is -19.0. The van der Waals surface area contributed by atoms with Crippen molar-refractivity contribution < 1.29 is 146 Å². The zero-order chi connectivity index (χ0) is 109. The quantitative estimate of drug-likeness (QED) is 0.0127. The van der Waals surface area contributed by atoms with Crippen molar-refractivity contribution in [3.8, 4) is 11.5 Å². The standard InChI is InChI=1S/C86H134N24O30S4/c1-7-41(6)68(110-81(136)57(34-112)104-71(126)47(9-8-26-93-86(91)92)96-82(137)59(36-142)108-84(139)60(37-143)107-74(129)48(19-22-62(88)115)95-69(124)46(87)18-24-65(118)119)85(140)109-61(38-144)83(138)105-56(33-111)80(135)100-52(28-40(4)5)76(131)101-53(29-42-10-14-44(113)15-11-42)77(132)97-49(20-23-63(89)116)72(127)99-51(27-39(2)3)75(130)98-50(21-25-66(120)121)73(128)103-55(31-64(90)117)79(134)102-54(30-43-12-16-45(114)17-13-43)78(133)106-58(35-141)70(125)94-32-67(122)123/h10-17,39-41,46-61,68,111-114,141-144H,7-9,18-38,87H2,1-6H3,(H2,88,115)(H2,89,116)(H2,90,117)(H,94,125)(H,95,124)(H,96,137)(H,97,132)(H,98,130)(H,99,127)(H,100,135)(H,101,131)(H,102,134)(H,103,128)(H,104,126)(H,105,138)(H,106,133)(H,107,129)(H,108,139)(H,109,140)(H,110,136)(H,118,119)(H,120,121)(H,122,123)(H4,91,92,93)/t41-,46-,47-,48-,49-,50-,51-,52-,53-,54-,55-,56-,57-,58-,59-,60-,61-,68-/m0/s1. The van der Waals surface area contributed by atoms with E-state index >= 15 is 0 Å². The third-order valence-electron chi connectivity index (χ3n) is 21.4. The zero-order valence-electron chi connectivity index (χ0n) is 79.8. The summed E-state index contributed by atoms with van der Waals surface area (Å²) in [6.07, 6.45) is -7.27. The van der Waals surface area contributed by atoms with Gasteiger partial charge in [0.25, 0.3) is 0 Å². The van der Waals surface area contributed by atoms with Crippen molar-refractivity contribution in [3.05, 3.63) is 59.7 Å². The average Bonchev–Trinajstić information content (AvgIpc) is 0.831. The van der Waals surface area contributed by atoms with Gasteiger partial charge in [0.2, 0.25) is 118 Å². The molecule has 54 nitrogen and oxygen atoms in total. The lowest BCUT2D eigenvalue weighted by molar-refractivity contribution is -0.139. The lowest BCUT2D eigenvalue weighted by atomic mass is 9.97. The number of carboxylic acids is 3. The van der Waals surface area contributed by atoms with Gasteiger partial charge in [0.1, 0.15) is 115 Å². The highest BCUT2D eigenvalue weighted by atomic mass is 32.1. The van der Waals surface area contributed by atoms with Crippen LogP contribution in [0.1, 0.15) is 143 Å². The number of hydrogen-bond acceptors (Lipinski definition) is 33. The summed E-state index contributed by atoms with van der Waals surface area (Å²) in [5, 5.41) is 119. The molecule has 0 spiro atoms. The van der Waals surface area contributed by atoms with Gasteiger partial charge in [0.15, 0.2) is 5.96 Å². The first kappa shape index (κ1) is 126. The first-order valence-corrected chi connectivity index (χ1v) is 47.9. The number of carbonyl (C=O) groups excluding carboxylic acids is 20. The third-order valence-corrected chi connectivity index (χ3v) is 22.8. The van der Waals surface area contributed by atoms with Crippen LogP contribution in [-0.4, -0.2) is 330 Å². The number of nitrogens with one attached hydrogen (secondary N) is 19. The van der Waals surface area contributed by atoms with Crippen LogP contribution in [0.15, 0.2) is 48.5 Å². The van der Waals surface area contributed by atoms with Crippen LogP contribution in [0.2, 0.25) is 0 Å². The maximum absolute atomic E-state index is 14.9.